The number of aromatic nitrogens is 2. The lowest BCUT2D eigenvalue weighted by molar-refractivity contribution is -0.137. The maximum atomic E-state index is 12.8. The highest BCUT2D eigenvalue weighted by Crippen LogP contribution is 2.30. The highest BCUT2D eigenvalue weighted by molar-refractivity contribution is 6.06. The number of fused-ring (bicyclic) bond motifs is 1. The Hall–Kier alpha value is -3.10. The van der Waals surface area contributed by atoms with E-state index in [4.69, 9.17) is 4.42 Å². The standard InChI is InChI=1S/C17H14F3N3O3/c1-9-12(13-14(24)21-8-22-15(13)26-9)16(25)23(2)7-10-4-3-5-11(6-10)17(18,19)20/h3-6,8H,7H2,1-2H3,(H,21,22,24). The monoisotopic (exact) mass is 365 g/mol. The van der Waals surface area contributed by atoms with Crippen LogP contribution in [0.25, 0.3) is 11.1 Å². The predicted molar refractivity (Wildman–Crippen MR) is 86.6 cm³/mol. The summed E-state index contributed by atoms with van der Waals surface area (Å²) in [5, 5.41) is 0.0193. The molecule has 9 heteroatoms. The minimum absolute atomic E-state index is 0.0193. The van der Waals surface area contributed by atoms with Gasteiger partial charge in [0.15, 0.2) is 0 Å². The van der Waals surface area contributed by atoms with Crippen LogP contribution in [0.15, 0.2) is 39.8 Å². The van der Waals surface area contributed by atoms with Crippen molar-refractivity contribution < 1.29 is 22.4 Å². The van der Waals surface area contributed by atoms with Gasteiger partial charge in [0.1, 0.15) is 11.1 Å². The van der Waals surface area contributed by atoms with Gasteiger partial charge in [-0.1, -0.05) is 12.1 Å². The molecule has 0 aliphatic rings. The first-order valence-corrected chi connectivity index (χ1v) is 7.57. The third-order valence-corrected chi connectivity index (χ3v) is 3.90. The number of hydrogen-bond acceptors (Lipinski definition) is 4. The highest BCUT2D eigenvalue weighted by atomic mass is 19.4. The Morgan fingerprint density at radius 1 is 1.35 bits per heavy atom. The van der Waals surface area contributed by atoms with Crippen LogP contribution in [0.2, 0.25) is 0 Å². The topological polar surface area (TPSA) is 79.2 Å². The number of carbonyl (C=O) groups excluding carboxylic acids is 1. The van der Waals surface area contributed by atoms with Gasteiger partial charge < -0.3 is 14.3 Å². The zero-order valence-electron chi connectivity index (χ0n) is 13.8. The first-order chi connectivity index (χ1) is 12.2. The number of aromatic amines is 1. The van der Waals surface area contributed by atoms with Crippen molar-refractivity contribution in [2.24, 2.45) is 0 Å². The van der Waals surface area contributed by atoms with Crippen molar-refractivity contribution in [3.63, 3.8) is 0 Å². The summed E-state index contributed by atoms with van der Waals surface area (Å²) in [5.74, 6) is -0.331. The highest BCUT2D eigenvalue weighted by Gasteiger charge is 2.30. The van der Waals surface area contributed by atoms with Crippen molar-refractivity contribution in [1.82, 2.24) is 14.9 Å². The average molecular weight is 365 g/mol. The fraction of sp³-hybridized carbons (Fsp3) is 0.235. The predicted octanol–water partition coefficient (Wildman–Crippen LogP) is 3.12. The molecule has 3 aromatic rings. The number of furan rings is 1. The van der Waals surface area contributed by atoms with E-state index in [-0.39, 0.29) is 29.0 Å². The summed E-state index contributed by atoms with van der Waals surface area (Å²) in [6, 6.07) is 4.72. The lowest BCUT2D eigenvalue weighted by Crippen LogP contribution is -2.27. The molecule has 6 nitrogen and oxygen atoms in total. The second-order valence-corrected chi connectivity index (χ2v) is 5.80. The van der Waals surface area contributed by atoms with Gasteiger partial charge in [-0.25, -0.2) is 4.98 Å². The van der Waals surface area contributed by atoms with Gasteiger partial charge in [0, 0.05) is 13.6 Å². The summed E-state index contributed by atoms with van der Waals surface area (Å²) in [6.45, 7) is 1.46. The zero-order valence-corrected chi connectivity index (χ0v) is 13.8. The molecular weight excluding hydrogens is 351 g/mol. The van der Waals surface area contributed by atoms with E-state index in [0.717, 1.165) is 18.5 Å². The van der Waals surface area contributed by atoms with Gasteiger partial charge in [0.2, 0.25) is 5.71 Å². The van der Waals surface area contributed by atoms with Crippen molar-refractivity contribution in [3.8, 4) is 0 Å². The molecule has 2 heterocycles. The lowest BCUT2D eigenvalue weighted by Gasteiger charge is -2.18. The first kappa shape index (κ1) is 17.7. The van der Waals surface area contributed by atoms with Crippen molar-refractivity contribution in [2.45, 2.75) is 19.6 Å². The molecule has 0 fully saturated rings. The Morgan fingerprint density at radius 2 is 2.08 bits per heavy atom. The number of aryl methyl sites for hydroxylation is 1. The number of hydrogen-bond donors (Lipinski definition) is 1. The van der Waals surface area contributed by atoms with Crippen LogP contribution in [0.3, 0.4) is 0 Å². The van der Waals surface area contributed by atoms with E-state index >= 15 is 0 Å². The molecule has 0 saturated carbocycles. The van der Waals surface area contributed by atoms with Crippen LogP contribution < -0.4 is 5.56 Å². The van der Waals surface area contributed by atoms with Crippen molar-refractivity contribution in [3.05, 3.63) is 63.4 Å². The molecule has 1 aromatic carbocycles. The maximum absolute atomic E-state index is 12.8. The number of halogens is 3. The normalized spacial score (nSPS) is 11.7. The molecule has 1 N–H and O–H groups in total. The summed E-state index contributed by atoms with van der Waals surface area (Å²) in [4.78, 5) is 32.2. The number of amides is 1. The van der Waals surface area contributed by atoms with Gasteiger partial charge in [-0.3, -0.25) is 9.59 Å². The molecule has 0 saturated heterocycles. The van der Waals surface area contributed by atoms with Crippen LogP contribution in [0, 0.1) is 6.92 Å². The molecule has 136 valence electrons. The van der Waals surface area contributed by atoms with E-state index in [9.17, 15) is 22.8 Å². The van der Waals surface area contributed by atoms with Gasteiger partial charge in [-0.05, 0) is 24.6 Å². The molecule has 0 unspecified atom stereocenters. The van der Waals surface area contributed by atoms with Crippen LogP contribution in [0.5, 0.6) is 0 Å². The van der Waals surface area contributed by atoms with Gasteiger partial charge >= 0.3 is 6.18 Å². The number of benzene rings is 1. The van der Waals surface area contributed by atoms with E-state index in [2.05, 4.69) is 9.97 Å². The molecular formula is C17H14F3N3O3. The second-order valence-electron chi connectivity index (χ2n) is 5.80. The number of carbonyl (C=O) groups is 1. The largest absolute Gasteiger partial charge is 0.442 e. The fourth-order valence-corrected chi connectivity index (χ4v) is 2.69. The fourth-order valence-electron chi connectivity index (χ4n) is 2.69. The Bertz CT molecular complexity index is 1040. The summed E-state index contributed by atoms with van der Waals surface area (Å²) >= 11 is 0. The Morgan fingerprint density at radius 3 is 2.77 bits per heavy atom. The number of H-pyrrole nitrogens is 1. The summed E-state index contributed by atoms with van der Waals surface area (Å²) < 4.78 is 43.8. The molecule has 2 aromatic heterocycles. The Balaban J connectivity index is 1.92. The summed E-state index contributed by atoms with van der Waals surface area (Å²) in [5.41, 5.74) is -0.928. The van der Waals surface area contributed by atoms with Crippen LogP contribution in [-0.4, -0.2) is 27.8 Å². The number of alkyl halides is 3. The van der Waals surface area contributed by atoms with Gasteiger partial charge in [0.25, 0.3) is 11.5 Å². The minimum atomic E-state index is -4.46. The summed E-state index contributed by atoms with van der Waals surface area (Å²) in [6.07, 6.45) is -3.30. The van der Waals surface area contributed by atoms with Crippen molar-refractivity contribution in [1.29, 1.82) is 0 Å². The first-order valence-electron chi connectivity index (χ1n) is 7.57. The van der Waals surface area contributed by atoms with E-state index in [0.29, 0.717) is 5.56 Å². The number of rotatable bonds is 3. The second kappa shape index (κ2) is 6.32. The molecule has 0 radical (unpaired) electrons. The van der Waals surface area contributed by atoms with Crippen LogP contribution in [0.4, 0.5) is 13.2 Å². The number of nitrogens with zero attached hydrogens (tertiary/aromatic N) is 2. The molecule has 0 spiro atoms. The summed E-state index contributed by atoms with van der Waals surface area (Å²) in [7, 11) is 1.44. The van der Waals surface area contributed by atoms with Crippen molar-refractivity contribution in [2.75, 3.05) is 7.05 Å². The Kier molecular flexibility index (Phi) is 4.31. The smallest absolute Gasteiger partial charge is 0.416 e. The molecule has 0 aliphatic heterocycles. The van der Waals surface area contributed by atoms with Crippen LogP contribution in [-0.2, 0) is 12.7 Å². The molecule has 1 amide bonds. The number of nitrogens with one attached hydrogen (secondary N) is 1. The van der Waals surface area contributed by atoms with Gasteiger partial charge in [-0.15, -0.1) is 0 Å². The van der Waals surface area contributed by atoms with E-state index in [1.54, 1.807) is 0 Å². The molecule has 0 bridgehead atoms. The van der Waals surface area contributed by atoms with Crippen molar-refractivity contribution >= 4 is 17.0 Å². The molecule has 0 aliphatic carbocycles. The van der Waals surface area contributed by atoms with Gasteiger partial charge in [-0.2, -0.15) is 13.2 Å². The minimum Gasteiger partial charge on any atom is -0.442 e. The molecule has 26 heavy (non-hydrogen) atoms. The molecule has 3 rings (SSSR count). The third-order valence-electron chi connectivity index (χ3n) is 3.90. The quantitative estimate of drug-likeness (QED) is 0.774. The van der Waals surface area contributed by atoms with E-state index in [1.165, 1.54) is 31.0 Å². The third kappa shape index (κ3) is 3.19. The van der Waals surface area contributed by atoms with Gasteiger partial charge in [0.05, 0.1) is 17.5 Å². The van der Waals surface area contributed by atoms with E-state index < -0.39 is 23.2 Å². The van der Waals surface area contributed by atoms with E-state index in [1.807, 2.05) is 0 Å². The Labute approximate surface area is 145 Å². The lowest BCUT2D eigenvalue weighted by atomic mass is 10.1. The molecule has 0 atom stereocenters. The zero-order chi connectivity index (χ0) is 19.1. The average Bonchev–Trinajstić information content (AvgIpc) is 2.91. The maximum Gasteiger partial charge on any atom is 0.416 e. The van der Waals surface area contributed by atoms with Crippen LogP contribution in [0.1, 0.15) is 27.2 Å². The van der Waals surface area contributed by atoms with Crippen LogP contribution >= 0.6 is 0 Å². The SMILES string of the molecule is Cc1oc2nc[nH]c(=O)c2c1C(=O)N(C)Cc1cccc(C(F)(F)F)c1.